The Balaban J connectivity index is 1.67. The van der Waals surface area contributed by atoms with Gasteiger partial charge in [-0.05, 0) is 79.5 Å². The highest BCUT2D eigenvalue weighted by molar-refractivity contribution is 7.83. The summed E-state index contributed by atoms with van der Waals surface area (Å²) in [5, 5.41) is 20.8. The van der Waals surface area contributed by atoms with Gasteiger partial charge in [0, 0.05) is 5.41 Å². The van der Waals surface area contributed by atoms with Crippen LogP contribution >= 0.6 is 0 Å². The van der Waals surface area contributed by atoms with Gasteiger partial charge < -0.3 is 10.2 Å². The van der Waals surface area contributed by atoms with Crippen molar-refractivity contribution < 1.29 is 23.2 Å². The summed E-state index contributed by atoms with van der Waals surface area (Å²) in [5.41, 5.74) is 0.313. The minimum absolute atomic E-state index is 0.201. The van der Waals surface area contributed by atoms with Crippen molar-refractivity contribution in [2.24, 2.45) is 17.3 Å². The van der Waals surface area contributed by atoms with Gasteiger partial charge in [0.2, 0.25) is 0 Å². The maximum absolute atomic E-state index is 11.3. The van der Waals surface area contributed by atoms with Crippen LogP contribution in [0.3, 0.4) is 0 Å². The number of aryl methyl sites for hydroxylation is 1. The van der Waals surface area contributed by atoms with E-state index < -0.39 is 21.4 Å². The largest absolute Gasteiger partial charge is 0.508 e. The van der Waals surface area contributed by atoms with Gasteiger partial charge in [-0.1, -0.05) is 13.0 Å². The second-order valence-corrected chi connectivity index (χ2v) is 9.39. The quantitative estimate of drug-likeness (QED) is 0.474. The van der Waals surface area contributed by atoms with Crippen LogP contribution in [0.4, 0.5) is 0 Å². The molecule has 2 saturated carbocycles. The Morgan fingerprint density at radius 3 is 2.68 bits per heavy atom. The lowest BCUT2D eigenvalue weighted by Gasteiger charge is -2.52. The van der Waals surface area contributed by atoms with Crippen LogP contribution in [-0.4, -0.2) is 28.9 Å². The van der Waals surface area contributed by atoms with Crippen molar-refractivity contribution in [2.45, 2.75) is 57.1 Å². The number of hydrogen-bond donors (Lipinski definition) is 4. The van der Waals surface area contributed by atoms with Gasteiger partial charge in [-0.2, -0.15) is 13.1 Å². The van der Waals surface area contributed by atoms with E-state index in [1.807, 2.05) is 19.1 Å². The highest BCUT2D eigenvalue weighted by Crippen LogP contribution is 2.63. The molecule has 1 unspecified atom stereocenters. The molecule has 0 spiro atoms. The Bertz CT molecular complexity index is 810. The Hall–Kier alpha value is -1.15. The number of aliphatic hydroxyl groups is 1. The predicted molar refractivity (Wildman–Crippen MR) is 92.4 cm³/mol. The summed E-state index contributed by atoms with van der Waals surface area (Å²) in [6.07, 6.45) is 4.48. The zero-order chi connectivity index (χ0) is 18.0. The standard InChI is InChI=1S/C18H25NO5S/c1-17-8-6-14-13-5-3-12(20)10-11(13)2-4-15(14)16(17)7-9-18(17,21)19-25(22,23)24/h3,5,10,14-16,19-21H,2,4,6-9H2,1H3,(H,22,23,24)/t14-,15-,16+,17+,18?/m1/s1. The van der Waals surface area contributed by atoms with Gasteiger partial charge in [0.05, 0.1) is 0 Å². The topological polar surface area (TPSA) is 107 Å². The maximum atomic E-state index is 11.3. The Morgan fingerprint density at radius 2 is 1.96 bits per heavy atom. The predicted octanol–water partition coefficient (Wildman–Crippen LogP) is 2.33. The van der Waals surface area contributed by atoms with Crippen molar-refractivity contribution in [1.82, 2.24) is 4.72 Å². The fourth-order valence-corrected chi connectivity index (χ4v) is 6.73. The van der Waals surface area contributed by atoms with Crippen molar-refractivity contribution in [1.29, 1.82) is 0 Å². The van der Waals surface area contributed by atoms with E-state index in [-0.39, 0.29) is 5.92 Å². The number of fused-ring (bicyclic) bond motifs is 5. The molecule has 0 bridgehead atoms. The molecular weight excluding hydrogens is 342 g/mol. The fraction of sp³-hybridized carbons (Fsp3) is 0.667. The summed E-state index contributed by atoms with van der Waals surface area (Å²) < 4.78 is 34.0. The molecule has 0 radical (unpaired) electrons. The van der Waals surface area contributed by atoms with Gasteiger partial charge in [0.25, 0.3) is 0 Å². The van der Waals surface area contributed by atoms with E-state index in [1.54, 1.807) is 6.07 Å². The molecule has 25 heavy (non-hydrogen) atoms. The molecule has 138 valence electrons. The van der Waals surface area contributed by atoms with E-state index in [4.69, 9.17) is 0 Å². The number of hydrogen-bond acceptors (Lipinski definition) is 4. The number of aromatic hydroxyl groups is 1. The first-order valence-electron chi connectivity index (χ1n) is 8.93. The van der Waals surface area contributed by atoms with Crippen LogP contribution in [0, 0.1) is 17.3 Å². The highest BCUT2D eigenvalue weighted by Gasteiger charge is 2.62. The van der Waals surface area contributed by atoms with Gasteiger partial charge in [-0.25, -0.2) is 0 Å². The van der Waals surface area contributed by atoms with Crippen molar-refractivity contribution in [3.63, 3.8) is 0 Å². The summed E-state index contributed by atoms with van der Waals surface area (Å²) >= 11 is 0. The first-order chi connectivity index (χ1) is 11.6. The summed E-state index contributed by atoms with van der Waals surface area (Å²) in [7, 11) is -4.47. The summed E-state index contributed by atoms with van der Waals surface area (Å²) in [6, 6.07) is 5.60. The minimum Gasteiger partial charge on any atom is -0.508 e. The second-order valence-electron chi connectivity index (χ2n) is 8.23. The van der Waals surface area contributed by atoms with Crippen molar-refractivity contribution in [3.8, 4) is 5.75 Å². The third-order valence-corrected chi connectivity index (χ3v) is 7.76. The lowest BCUT2D eigenvalue weighted by molar-refractivity contribution is -0.111. The van der Waals surface area contributed by atoms with Gasteiger partial charge >= 0.3 is 10.3 Å². The monoisotopic (exact) mass is 367 g/mol. The SMILES string of the molecule is C[C@]12CC[C@@H]3c4ccc(O)cc4CC[C@H]3[C@@H]1CCC2(O)NS(=O)(=O)O. The number of rotatable bonds is 2. The highest BCUT2D eigenvalue weighted by atomic mass is 32.2. The van der Waals surface area contributed by atoms with Gasteiger partial charge in [-0.3, -0.25) is 4.55 Å². The van der Waals surface area contributed by atoms with Gasteiger partial charge in [0.15, 0.2) is 0 Å². The zero-order valence-corrected chi connectivity index (χ0v) is 15.1. The molecule has 1 aromatic rings. The molecule has 1 aromatic carbocycles. The van der Waals surface area contributed by atoms with E-state index in [1.165, 1.54) is 11.1 Å². The molecule has 6 nitrogen and oxygen atoms in total. The third-order valence-electron chi connectivity index (χ3n) is 7.16. The molecule has 2 fully saturated rings. The number of phenolic OH excluding ortho intramolecular Hbond substituents is 1. The number of benzene rings is 1. The molecule has 4 N–H and O–H groups in total. The summed E-state index contributed by atoms with van der Waals surface area (Å²) in [6.45, 7) is 1.95. The fourth-order valence-electron chi connectivity index (χ4n) is 5.97. The van der Waals surface area contributed by atoms with Crippen LogP contribution in [0.2, 0.25) is 0 Å². The van der Waals surface area contributed by atoms with Crippen molar-refractivity contribution in [3.05, 3.63) is 29.3 Å². The molecule has 0 aromatic heterocycles. The number of nitrogens with one attached hydrogen (secondary N) is 1. The minimum atomic E-state index is -4.47. The molecule has 0 heterocycles. The molecule has 3 aliphatic carbocycles. The van der Waals surface area contributed by atoms with E-state index in [9.17, 15) is 23.2 Å². The average Bonchev–Trinajstić information content (AvgIpc) is 2.76. The molecule has 5 atom stereocenters. The normalized spacial score (nSPS) is 40.2. The Labute approximate surface area is 148 Å². The van der Waals surface area contributed by atoms with Crippen molar-refractivity contribution in [2.75, 3.05) is 0 Å². The van der Waals surface area contributed by atoms with Crippen LogP contribution in [0.1, 0.15) is 56.1 Å². The van der Waals surface area contributed by atoms with E-state index >= 15 is 0 Å². The smallest absolute Gasteiger partial charge is 0.335 e. The average molecular weight is 367 g/mol. The van der Waals surface area contributed by atoms with Gasteiger partial charge in [0.1, 0.15) is 11.5 Å². The molecule has 3 aliphatic rings. The lowest BCUT2D eigenvalue weighted by atomic mass is 9.54. The Morgan fingerprint density at radius 1 is 1.20 bits per heavy atom. The summed E-state index contributed by atoms with van der Waals surface area (Å²) in [5.74, 6) is 1.27. The molecule has 4 rings (SSSR count). The third kappa shape index (κ3) is 2.60. The van der Waals surface area contributed by atoms with Crippen LogP contribution in [0.25, 0.3) is 0 Å². The lowest BCUT2D eigenvalue weighted by Crippen LogP contribution is -2.59. The van der Waals surface area contributed by atoms with Crippen LogP contribution in [0.15, 0.2) is 18.2 Å². The summed E-state index contributed by atoms with van der Waals surface area (Å²) in [4.78, 5) is 0. The van der Waals surface area contributed by atoms with Crippen LogP contribution in [0.5, 0.6) is 5.75 Å². The first-order valence-corrected chi connectivity index (χ1v) is 10.4. The van der Waals surface area contributed by atoms with Crippen molar-refractivity contribution >= 4 is 10.3 Å². The number of phenols is 1. The zero-order valence-electron chi connectivity index (χ0n) is 14.3. The van der Waals surface area contributed by atoms with Gasteiger partial charge in [-0.15, -0.1) is 0 Å². The molecule has 7 heteroatoms. The molecular formula is C18H25NO5S. The van der Waals surface area contributed by atoms with E-state index in [0.717, 1.165) is 25.7 Å². The molecule has 0 aliphatic heterocycles. The molecule has 0 amide bonds. The van der Waals surface area contributed by atoms with Crippen LogP contribution in [-0.2, 0) is 16.7 Å². The maximum Gasteiger partial charge on any atom is 0.335 e. The Kier molecular flexibility index (Phi) is 3.75. The second kappa shape index (κ2) is 5.42. The van der Waals surface area contributed by atoms with Crippen LogP contribution < -0.4 is 4.72 Å². The van der Waals surface area contributed by atoms with E-state index in [2.05, 4.69) is 4.72 Å². The van der Waals surface area contributed by atoms with E-state index in [0.29, 0.717) is 30.4 Å². The molecule has 0 saturated heterocycles. The first kappa shape index (κ1) is 17.3.